The average Bonchev–Trinajstić information content (AvgIpc) is 3.25. The number of unbranched alkanes of at least 4 members (excludes halogenated alkanes) is 29. The van der Waals surface area contributed by atoms with Gasteiger partial charge in [0.2, 0.25) is 9.84 Å². The average molecular weight is 836 g/mol. The summed E-state index contributed by atoms with van der Waals surface area (Å²) in [5.41, 5.74) is 1.91. The van der Waals surface area contributed by atoms with Gasteiger partial charge in [0.05, 0.1) is 4.90 Å². The number of nitrogens with one attached hydrogen (secondary N) is 1. The van der Waals surface area contributed by atoms with Gasteiger partial charge in [0, 0.05) is 11.7 Å². The number of benzene rings is 2. The van der Waals surface area contributed by atoms with Gasteiger partial charge in [0.1, 0.15) is 0 Å². The van der Waals surface area contributed by atoms with Crippen LogP contribution in [0.5, 0.6) is 0 Å². The summed E-state index contributed by atoms with van der Waals surface area (Å²) in [6, 6.07) is 16.2. The first kappa shape index (κ1) is 53.0. The van der Waals surface area contributed by atoms with E-state index in [0.717, 1.165) is 43.2 Å². The van der Waals surface area contributed by atoms with Crippen molar-refractivity contribution in [2.24, 2.45) is 0 Å². The Bertz CT molecular complexity index is 1350. The van der Waals surface area contributed by atoms with Gasteiger partial charge in [-0.15, -0.1) is 0 Å². The molecule has 0 aromatic heterocycles. The van der Waals surface area contributed by atoms with Crippen LogP contribution in [0.3, 0.4) is 0 Å². The molecule has 0 aliphatic heterocycles. The molecule has 0 spiro atoms. The number of hydrogen-bond donors (Lipinski definition) is 2. The molecule has 0 saturated carbocycles. The third-order valence-corrected chi connectivity index (χ3v) is 14.3. The summed E-state index contributed by atoms with van der Waals surface area (Å²) in [6.45, 7) is 6.75. The molecule has 0 aliphatic carbocycles. The molecule has 0 fully saturated rings. The van der Waals surface area contributed by atoms with Crippen LogP contribution < -0.4 is 5.32 Å². The Labute approximate surface area is 366 Å². The molecule has 2 rings (SSSR count). The van der Waals surface area contributed by atoms with Crippen molar-refractivity contribution in [3.8, 4) is 0 Å². The summed E-state index contributed by atoms with van der Waals surface area (Å²) in [4.78, 5) is 0.188. The fraction of sp³-hybridized carbons (Fsp3) is 0.741. The Hall–Kier alpha value is -2.11. The first-order valence-electron chi connectivity index (χ1n) is 25.5. The molecule has 2 aromatic carbocycles. The summed E-state index contributed by atoms with van der Waals surface area (Å²) in [7, 11) is -3.74. The lowest BCUT2D eigenvalue weighted by molar-refractivity contribution is 0.233. The van der Waals surface area contributed by atoms with E-state index < -0.39 is 15.3 Å². The smallest absolute Gasteiger partial charge is 0.204 e. The zero-order valence-corrected chi connectivity index (χ0v) is 39.7. The lowest BCUT2D eigenvalue weighted by atomic mass is 9.99. The molecular weight excluding hydrogens is 743 g/mol. The molecule has 2 N–H and O–H groups in total. The van der Waals surface area contributed by atoms with E-state index in [1.54, 1.807) is 12.1 Å². The number of anilines is 1. The Morgan fingerprint density at radius 1 is 0.424 bits per heavy atom. The van der Waals surface area contributed by atoms with Crippen molar-refractivity contribution >= 4 is 27.7 Å². The SMILES string of the molecule is CCCCCCCCCCCCCCCCC(CCCCCCCCCCCCCCC)Nc1ccc(C=Cc2ccc(S(=O)(=O)C(O)CCCCCCC)cc2)cc1. The van der Waals surface area contributed by atoms with Crippen molar-refractivity contribution in [2.45, 2.75) is 262 Å². The summed E-state index contributed by atoms with van der Waals surface area (Å²) in [5, 5.41) is 14.4. The molecule has 0 saturated heterocycles. The van der Waals surface area contributed by atoms with Crippen LogP contribution in [0.15, 0.2) is 53.4 Å². The molecule has 2 unspecified atom stereocenters. The van der Waals surface area contributed by atoms with Crippen molar-refractivity contribution in [3.05, 3.63) is 59.7 Å². The minimum absolute atomic E-state index is 0.188. The van der Waals surface area contributed by atoms with Crippen LogP contribution in [0, 0.1) is 0 Å². The van der Waals surface area contributed by atoms with Crippen molar-refractivity contribution in [2.75, 3.05) is 5.32 Å². The third-order valence-electron chi connectivity index (χ3n) is 12.4. The van der Waals surface area contributed by atoms with Crippen LogP contribution in [0.2, 0.25) is 0 Å². The molecule has 4 nitrogen and oxygen atoms in total. The topological polar surface area (TPSA) is 66.4 Å². The number of rotatable bonds is 41. The highest BCUT2D eigenvalue weighted by Gasteiger charge is 2.24. The number of hydrogen-bond acceptors (Lipinski definition) is 4. The van der Waals surface area contributed by atoms with E-state index in [1.165, 1.54) is 192 Å². The van der Waals surface area contributed by atoms with Gasteiger partial charge in [-0.05, 0) is 61.1 Å². The molecule has 0 heterocycles. The fourth-order valence-corrected chi connectivity index (χ4v) is 9.71. The highest BCUT2D eigenvalue weighted by molar-refractivity contribution is 7.91. The number of sulfone groups is 1. The number of aliphatic hydroxyl groups is 1. The van der Waals surface area contributed by atoms with Crippen LogP contribution in [-0.4, -0.2) is 25.0 Å². The van der Waals surface area contributed by atoms with Gasteiger partial charge in [-0.25, -0.2) is 8.42 Å². The monoisotopic (exact) mass is 836 g/mol. The normalized spacial score (nSPS) is 13.0. The largest absolute Gasteiger partial charge is 0.382 e. The molecule has 2 atom stereocenters. The van der Waals surface area contributed by atoms with E-state index in [4.69, 9.17) is 0 Å². The van der Waals surface area contributed by atoms with Crippen molar-refractivity contribution in [1.29, 1.82) is 0 Å². The minimum atomic E-state index is -3.74. The third kappa shape index (κ3) is 27.5. The van der Waals surface area contributed by atoms with Gasteiger partial charge in [-0.1, -0.05) is 256 Å². The Morgan fingerprint density at radius 3 is 1.05 bits per heavy atom. The van der Waals surface area contributed by atoms with E-state index in [2.05, 4.69) is 56.4 Å². The molecule has 0 bridgehead atoms. The van der Waals surface area contributed by atoms with E-state index in [9.17, 15) is 13.5 Å². The van der Waals surface area contributed by atoms with Crippen LogP contribution in [0.1, 0.15) is 257 Å². The van der Waals surface area contributed by atoms with Crippen molar-refractivity contribution in [3.63, 3.8) is 0 Å². The van der Waals surface area contributed by atoms with Crippen molar-refractivity contribution < 1.29 is 13.5 Å². The maximum atomic E-state index is 12.9. The Balaban J connectivity index is 1.79. The van der Waals surface area contributed by atoms with Crippen LogP contribution in [0.25, 0.3) is 12.2 Å². The molecule has 2 aromatic rings. The number of aliphatic hydroxyl groups excluding tert-OH is 1. The molecule has 0 radical (unpaired) electrons. The van der Waals surface area contributed by atoms with Crippen LogP contribution in [0.4, 0.5) is 5.69 Å². The van der Waals surface area contributed by atoms with Gasteiger partial charge in [0.25, 0.3) is 0 Å². The zero-order chi connectivity index (χ0) is 42.5. The van der Waals surface area contributed by atoms with Gasteiger partial charge in [-0.3, -0.25) is 0 Å². The molecule has 5 heteroatoms. The van der Waals surface area contributed by atoms with Gasteiger partial charge >= 0.3 is 0 Å². The lowest BCUT2D eigenvalue weighted by Gasteiger charge is -2.20. The summed E-state index contributed by atoms with van der Waals surface area (Å²) in [5.74, 6) is 0. The maximum Gasteiger partial charge on any atom is 0.204 e. The molecule has 0 aliphatic rings. The van der Waals surface area contributed by atoms with Crippen LogP contribution >= 0.6 is 0 Å². The standard InChI is InChI=1S/C54H93NO3S/c1-4-7-10-13-15-17-19-21-23-25-27-29-32-34-37-51(36-33-31-28-26-24-22-20-18-16-14-11-8-5-2)55-52-45-41-49(42-46-52)39-40-50-43-47-53(48-44-50)59(57,58)54(56)38-35-30-12-9-6-3/h39-48,51,54-56H,4-38H2,1-3H3. The van der Waals surface area contributed by atoms with Crippen molar-refractivity contribution in [1.82, 2.24) is 0 Å². The highest BCUT2D eigenvalue weighted by Crippen LogP contribution is 2.23. The predicted octanol–water partition coefficient (Wildman–Crippen LogP) is 17.4. The Morgan fingerprint density at radius 2 is 0.712 bits per heavy atom. The first-order valence-corrected chi connectivity index (χ1v) is 27.0. The molecule has 59 heavy (non-hydrogen) atoms. The summed E-state index contributed by atoms with van der Waals surface area (Å²) in [6.07, 6.45) is 49.8. The van der Waals surface area contributed by atoms with E-state index in [0.29, 0.717) is 6.04 Å². The van der Waals surface area contributed by atoms with E-state index in [-0.39, 0.29) is 11.3 Å². The zero-order valence-electron chi connectivity index (χ0n) is 38.8. The minimum Gasteiger partial charge on any atom is -0.382 e. The fourth-order valence-electron chi connectivity index (χ4n) is 8.40. The molecule has 0 amide bonds. The second-order valence-electron chi connectivity index (χ2n) is 18.0. The highest BCUT2D eigenvalue weighted by atomic mass is 32.2. The van der Waals surface area contributed by atoms with E-state index >= 15 is 0 Å². The maximum absolute atomic E-state index is 12.9. The summed E-state index contributed by atoms with van der Waals surface area (Å²) >= 11 is 0. The lowest BCUT2D eigenvalue weighted by Crippen LogP contribution is -2.20. The quantitative estimate of drug-likeness (QED) is 0.0517. The van der Waals surface area contributed by atoms with Crippen LogP contribution in [-0.2, 0) is 9.84 Å². The Kier molecular flexibility index (Phi) is 32.8. The van der Waals surface area contributed by atoms with Gasteiger partial charge in [0.15, 0.2) is 5.44 Å². The second kappa shape index (κ2) is 36.5. The predicted molar refractivity (Wildman–Crippen MR) is 261 cm³/mol. The summed E-state index contributed by atoms with van der Waals surface area (Å²) < 4.78 is 25.8. The molecule has 338 valence electrons. The second-order valence-corrected chi connectivity index (χ2v) is 20.1. The molecular formula is C54H93NO3S. The van der Waals surface area contributed by atoms with Gasteiger partial charge in [-0.2, -0.15) is 0 Å². The first-order chi connectivity index (χ1) is 28.9. The van der Waals surface area contributed by atoms with Gasteiger partial charge < -0.3 is 10.4 Å². The van der Waals surface area contributed by atoms with E-state index in [1.807, 2.05) is 18.2 Å².